The van der Waals surface area contributed by atoms with Gasteiger partial charge in [-0.05, 0) is 24.4 Å². The number of hydrogen-bond acceptors (Lipinski definition) is 5. The summed E-state index contributed by atoms with van der Waals surface area (Å²) in [5.74, 6) is -2.76. The van der Waals surface area contributed by atoms with E-state index in [1.165, 1.54) is 6.92 Å². The molecule has 0 aromatic carbocycles. The monoisotopic (exact) mass is 353 g/mol. The average Bonchev–Trinajstić information content (AvgIpc) is 2.55. The highest BCUT2D eigenvalue weighted by molar-refractivity contribution is 5.88. The van der Waals surface area contributed by atoms with Crippen molar-refractivity contribution in [3.05, 3.63) is 22.3 Å². The normalized spacial score (nSPS) is 22.0. The van der Waals surface area contributed by atoms with Crippen LogP contribution in [0, 0.1) is 0 Å². The SMILES string of the molecule is CCCN(CCC)C(=O)[C@@H]1OC(C(=O)O)=C[C@@H](N=[N+]=[N-])[C@H]1NC(C)=O. The van der Waals surface area contributed by atoms with E-state index in [-0.39, 0.29) is 0 Å². The molecule has 10 nitrogen and oxygen atoms in total. The first-order valence-electron chi connectivity index (χ1n) is 8.07. The molecule has 0 aromatic heterocycles. The van der Waals surface area contributed by atoms with Gasteiger partial charge in [-0.2, -0.15) is 0 Å². The number of nitrogens with one attached hydrogen (secondary N) is 1. The zero-order valence-electron chi connectivity index (χ0n) is 14.5. The molecular weight excluding hydrogens is 330 g/mol. The number of carbonyl (C=O) groups excluding carboxylic acids is 2. The molecule has 0 aliphatic carbocycles. The quantitative estimate of drug-likeness (QED) is 0.382. The second kappa shape index (κ2) is 9.53. The first-order valence-corrected chi connectivity index (χ1v) is 8.07. The van der Waals surface area contributed by atoms with Crippen LogP contribution in [0.3, 0.4) is 0 Å². The summed E-state index contributed by atoms with van der Waals surface area (Å²) < 4.78 is 5.35. The summed E-state index contributed by atoms with van der Waals surface area (Å²) in [6.07, 6.45) is 1.24. The minimum Gasteiger partial charge on any atom is -0.475 e. The summed E-state index contributed by atoms with van der Waals surface area (Å²) >= 11 is 0. The molecule has 3 atom stereocenters. The fraction of sp³-hybridized carbons (Fsp3) is 0.667. The fourth-order valence-corrected chi connectivity index (χ4v) is 2.63. The Morgan fingerprint density at radius 2 is 1.96 bits per heavy atom. The first kappa shape index (κ1) is 20.3. The molecule has 10 heteroatoms. The lowest BCUT2D eigenvalue weighted by molar-refractivity contribution is -0.149. The molecule has 0 unspecified atom stereocenters. The molecule has 0 radical (unpaired) electrons. The number of amides is 2. The summed E-state index contributed by atoms with van der Waals surface area (Å²) in [7, 11) is 0. The van der Waals surface area contributed by atoms with Crippen molar-refractivity contribution >= 4 is 17.8 Å². The minimum absolute atomic E-state index is 0.450. The number of ether oxygens (including phenoxy) is 1. The van der Waals surface area contributed by atoms with Crippen molar-refractivity contribution in [2.75, 3.05) is 13.1 Å². The molecule has 0 aromatic rings. The highest BCUT2D eigenvalue weighted by Gasteiger charge is 2.42. The molecule has 0 spiro atoms. The summed E-state index contributed by atoms with van der Waals surface area (Å²) in [5.41, 5.74) is 8.73. The molecule has 2 N–H and O–H groups in total. The predicted molar refractivity (Wildman–Crippen MR) is 88.3 cm³/mol. The van der Waals surface area contributed by atoms with Crippen molar-refractivity contribution in [2.24, 2.45) is 5.11 Å². The third kappa shape index (κ3) is 5.39. The number of hydrogen-bond donors (Lipinski definition) is 2. The third-order valence-corrected chi connectivity index (χ3v) is 3.58. The molecule has 0 bridgehead atoms. The van der Waals surface area contributed by atoms with Gasteiger partial charge >= 0.3 is 5.97 Å². The number of carboxylic acid groups (broad SMARTS) is 1. The van der Waals surface area contributed by atoms with Crippen molar-refractivity contribution in [1.29, 1.82) is 0 Å². The van der Waals surface area contributed by atoms with E-state index in [1.54, 1.807) is 4.90 Å². The molecule has 1 aliphatic rings. The van der Waals surface area contributed by atoms with Crippen LogP contribution in [0.5, 0.6) is 0 Å². The van der Waals surface area contributed by atoms with Crippen molar-refractivity contribution < 1.29 is 24.2 Å². The number of carboxylic acids is 1. The molecule has 0 saturated carbocycles. The second-order valence-electron chi connectivity index (χ2n) is 5.62. The molecule has 0 saturated heterocycles. The second-order valence-corrected chi connectivity index (χ2v) is 5.62. The summed E-state index contributed by atoms with van der Waals surface area (Å²) in [6, 6.07) is -2.03. The van der Waals surface area contributed by atoms with E-state index in [0.717, 1.165) is 6.08 Å². The Morgan fingerprint density at radius 1 is 1.36 bits per heavy atom. The van der Waals surface area contributed by atoms with Gasteiger partial charge in [0, 0.05) is 24.9 Å². The Bertz CT molecular complexity index is 593. The number of aliphatic carboxylic acids is 1. The lowest BCUT2D eigenvalue weighted by atomic mass is 9.97. The van der Waals surface area contributed by atoms with Gasteiger partial charge in [-0.3, -0.25) is 9.59 Å². The Labute approximate surface area is 145 Å². The van der Waals surface area contributed by atoms with Crippen LogP contribution >= 0.6 is 0 Å². The fourth-order valence-electron chi connectivity index (χ4n) is 2.63. The molecule has 1 rings (SSSR count). The summed E-state index contributed by atoms with van der Waals surface area (Å²) in [6.45, 7) is 6.01. The zero-order chi connectivity index (χ0) is 19.0. The number of azide groups is 1. The van der Waals surface area contributed by atoms with E-state index in [9.17, 15) is 19.5 Å². The minimum atomic E-state index is -1.38. The van der Waals surface area contributed by atoms with Gasteiger partial charge in [-0.1, -0.05) is 19.0 Å². The van der Waals surface area contributed by atoms with E-state index >= 15 is 0 Å². The lowest BCUT2D eigenvalue weighted by Crippen LogP contribution is -2.58. The van der Waals surface area contributed by atoms with Gasteiger partial charge in [0.05, 0.1) is 12.1 Å². The third-order valence-electron chi connectivity index (χ3n) is 3.58. The largest absolute Gasteiger partial charge is 0.475 e. The topological polar surface area (TPSA) is 145 Å². The van der Waals surface area contributed by atoms with Crippen LogP contribution in [-0.2, 0) is 19.1 Å². The number of rotatable bonds is 8. The average molecular weight is 353 g/mol. The Kier molecular flexibility index (Phi) is 7.74. The highest BCUT2D eigenvalue weighted by Crippen LogP contribution is 2.23. The first-order chi connectivity index (χ1) is 11.8. The molecule has 25 heavy (non-hydrogen) atoms. The highest BCUT2D eigenvalue weighted by atomic mass is 16.5. The smallest absolute Gasteiger partial charge is 0.370 e. The van der Waals surface area contributed by atoms with Crippen molar-refractivity contribution in [3.8, 4) is 0 Å². The summed E-state index contributed by atoms with van der Waals surface area (Å²) in [4.78, 5) is 39.9. The van der Waals surface area contributed by atoms with Gasteiger partial charge < -0.3 is 20.1 Å². The predicted octanol–water partition coefficient (Wildman–Crippen LogP) is 1.19. The molecular formula is C15H23N5O5. The van der Waals surface area contributed by atoms with Gasteiger partial charge in [0.2, 0.25) is 11.7 Å². The van der Waals surface area contributed by atoms with Crippen LogP contribution in [0.15, 0.2) is 16.9 Å². The van der Waals surface area contributed by atoms with Crippen LogP contribution < -0.4 is 5.32 Å². The van der Waals surface area contributed by atoms with Gasteiger partial charge in [-0.25, -0.2) is 4.79 Å². The zero-order valence-corrected chi connectivity index (χ0v) is 14.5. The van der Waals surface area contributed by atoms with E-state index in [0.29, 0.717) is 25.9 Å². The maximum Gasteiger partial charge on any atom is 0.370 e. The van der Waals surface area contributed by atoms with Crippen LogP contribution in [-0.4, -0.2) is 59.1 Å². The van der Waals surface area contributed by atoms with Crippen LogP contribution in [0.1, 0.15) is 33.6 Å². The van der Waals surface area contributed by atoms with Crippen LogP contribution in [0.25, 0.3) is 10.4 Å². The van der Waals surface area contributed by atoms with Gasteiger partial charge in [-0.15, -0.1) is 0 Å². The van der Waals surface area contributed by atoms with E-state index in [4.69, 9.17) is 10.3 Å². The molecule has 2 amide bonds. The Morgan fingerprint density at radius 3 is 2.40 bits per heavy atom. The molecule has 1 aliphatic heterocycles. The van der Waals surface area contributed by atoms with Gasteiger partial charge in [0.15, 0.2) is 6.10 Å². The van der Waals surface area contributed by atoms with Gasteiger partial charge in [0.1, 0.15) is 0 Å². The standard InChI is InChI=1S/C15H23N5O5/c1-4-6-20(7-5-2)14(22)13-12(17-9(3)21)10(18-19-16)8-11(25-13)15(23)24/h8,10,12-13H,4-7H2,1-3H3,(H,17,21)(H,23,24)/t10-,12-,13-/m1/s1. The maximum atomic E-state index is 12.9. The molecule has 0 fully saturated rings. The number of nitrogens with zero attached hydrogens (tertiary/aromatic N) is 4. The van der Waals surface area contributed by atoms with E-state index in [2.05, 4.69) is 15.3 Å². The summed E-state index contributed by atoms with van der Waals surface area (Å²) in [5, 5.41) is 15.2. The van der Waals surface area contributed by atoms with Crippen LogP contribution in [0.4, 0.5) is 0 Å². The number of carbonyl (C=O) groups is 3. The van der Waals surface area contributed by atoms with E-state index < -0.39 is 41.7 Å². The van der Waals surface area contributed by atoms with Crippen molar-refractivity contribution in [2.45, 2.75) is 51.8 Å². The Balaban J connectivity index is 3.27. The maximum absolute atomic E-state index is 12.9. The molecule has 138 valence electrons. The van der Waals surface area contributed by atoms with Crippen molar-refractivity contribution in [1.82, 2.24) is 10.2 Å². The van der Waals surface area contributed by atoms with Crippen molar-refractivity contribution in [3.63, 3.8) is 0 Å². The molecule has 1 heterocycles. The van der Waals surface area contributed by atoms with E-state index in [1.807, 2.05) is 13.8 Å². The van der Waals surface area contributed by atoms with Crippen LogP contribution in [0.2, 0.25) is 0 Å². The Hall–Kier alpha value is -2.74. The lowest BCUT2D eigenvalue weighted by Gasteiger charge is -2.36. The van der Waals surface area contributed by atoms with Gasteiger partial charge in [0.25, 0.3) is 5.91 Å².